The van der Waals surface area contributed by atoms with Gasteiger partial charge in [-0.1, -0.05) is 5.92 Å². The van der Waals surface area contributed by atoms with Gasteiger partial charge >= 0.3 is 0 Å². The third-order valence-electron chi connectivity index (χ3n) is 1.52. The summed E-state index contributed by atoms with van der Waals surface area (Å²) in [6.45, 7) is 2.93. The maximum absolute atomic E-state index is 5.52. The average molecular weight is 245 g/mol. The van der Waals surface area contributed by atoms with Gasteiger partial charge < -0.3 is 9.47 Å². The lowest BCUT2D eigenvalue weighted by atomic mass is 10.3. The fraction of sp³-hybridized carbons (Fsp3) is 0.455. The van der Waals surface area contributed by atoms with E-state index in [0.29, 0.717) is 19.1 Å². The van der Waals surface area contributed by atoms with Crippen LogP contribution in [0.1, 0.15) is 12.5 Å². The van der Waals surface area contributed by atoms with E-state index in [4.69, 9.17) is 21.1 Å². The fourth-order valence-electron chi connectivity index (χ4n) is 0.912. The van der Waals surface area contributed by atoms with E-state index < -0.39 is 6.29 Å². The van der Waals surface area contributed by atoms with E-state index in [-0.39, 0.29) is 0 Å². The molecule has 0 N–H and O–H groups in total. The molecule has 2 nitrogen and oxygen atoms in total. The Morgan fingerprint density at radius 2 is 2.40 bits per heavy atom. The standard InChI is InChI=1S/C11H13ClO2S/c1-2-13-11(14-7-6-12)4-3-10-5-8-15-9-10/h5,8-9,11H,2,6-7H2,1H3/t11-/m0/s1. The molecular weight excluding hydrogens is 232 g/mol. The molecule has 0 aliphatic heterocycles. The molecule has 0 spiro atoms. The summed E-state index contributed by atoms with van der Waals surface area (Å²) >= 11 is 7.14. The third-order valence-corrected chi connectivity index (χ3v) is 2.36. The quantitative estimate of drug-likeness (QED) is 0.451. The molecule has 0 amide bonds. The lowest BCUT2D eigenvalue weighted by Gasteiger charge is -2.10. The van der Waals surface area contributed by atoms with Gasteiger partial charge in [-0.2, -0.15) is 11.3 Å². The van der Waals surface area contributed by atoms with E-state index in [2.05, 4.69) is 11.8 Å². The monoisotopic (exact) mass is 244 g/mol. The number of hydrogen-bond acceptors (Lipinski definition) is 3. The van der Waals surface area contributed by atoms with Crippen molar-refractivity contribution >= 4 is 22.9 Å². The number of ether oxygens (including phenoxy) is 2. The summed E-state index contributed by atoms with van der Waals surface area (Å²) in [5, 5.41) is 3.97. The Kier molecular flexibility index (Phi) is 6.45. The number of hydrogen-bond donors (Lipinski definition) is 0. The molecule has 15 heavy (non-hydrogen) atoms. The normalized spacial score (nSPS) is 11.9. The first-order valence-corrected chi connectivity index (χ1v) is 6.17. The molecule has 0 radical (unpaired) electrons. The zero-order chi connectivity index (χ0) is 10.9. The Labute approximate surface area is 99.2 Å². The molecule has 0 aliphatic carbocycles. The minimum atomic E-state index is -0.478. The van der Waals surface area contributed by atoms with Crippen molar-refractivity contribution in [1.82, 2.24) is 0 Å². The van der Waals surface area contributed by atoms with Crippen LogP contribution in [0.4, 0.5) is 0 Å². The smallest absolute Gasteiger partial charge is 0.222 e. The highest BCUT2D eigenvalue weighted by atomic mass is 35.5. The van der Waals surface area contributed by atoms with Gasteiger partial charge in [0.1, 0.15) is 0 Å². The SMILES string of the molecule is CCO[C@H](C#Cc1ccsc1)OCCCl. The third kappa shape index (κ3) is 5.19. The second-order valence-electron chi connectivity index (χ2n) is 2.63. The summed E-state index contributed by atoms with van der Waals surface area (Å²) < 4.78 is 10.6. The van der Waals surface area contributed by atoms with E-state index in [1.165, 1.54) is 0 Å². The zero-order valence-electron chi connectivity index (χ0n) is 8.53. The van der Waals surface area contributed by atoms with Gasteiger partial charge in [-0.3, -0.25) is 0 Å². The fourth-order valence-corrected chi connectivity index (χ4v) is 1.59. The maximum Gasteiger partial charge on any atom is 0.222 e. The predicted octanol–water partition coefficient (Wildman–Crippen LogP) is 2.72. The summed E-state index contributed by atoms with van der Waals surface area (Å²) in [6, 6.07) is 1.96. The van der Waals surface area contributed by atoms with Crippen molar-refractivity contribution in [3.05, 3.63) is 22.4 Å². The van der Waals surface area contributed by atoms with Crippen molar-refractivity contribution in [2.45, 2.75) is 13.2 Å². The molecule has 1 aromatic heterocycles. The summed E-state index contributed by atoms with van der Waals surface area (Å²) in [7, 11) is 0. The molecule has 0 bridgehead atoms. The van der Waals surface area contributed by atoms with Crippen molar-refractivity contribution in [2.24, 2.45) is 0 Å². The Balaban J connectivity index is 2.49. The Bertz CT molecular complexity index is 313. The summed E-state index contributed by atoms with van der Waals surface area (Å²) in [6.07, 6.45) is -0.478. The average Bonchev–Trinajstić information content (AvgIpc) is 2.75. The van der Waals surface area contributed by atoms with Crippen molar-refractivity contribution in [1.29, 1.82) is 0 Å². The van der Waals surface area contributed by atoms with Gasteiger partial charge in [0.15, 0.2) is 0 Å². The van der Waals surface area contributed by atoms with E-state index in [1.54, 1.807) is 11.3 Å². The van der Waals surface area contributed by atoms with Crippen LogP contribution in [0, 0.1) is 11.8 Å². The van der Waals surface area contributed by atoms with Crippen molar-refractivity contribution in [2.75, 3.05) is 19.1 Å². The highest BCUT2D eigenvalue weighted by Crippen LogP contribution is 2.04. The maximum atomic E-state index is 5.52. The van der Waals surface area contributed by atoms with Crippen LogP contribution in [0.2, 0.25) is 0 Å². The van der Waals surface area contributed by atoms with Crippen LogP contribution in [0.3, 0.4) is 0 Å². The van der Waals surface area contributed by atoms with Gasteiger partial charge in [-0.15, -0.1) is 11.6 Å². The van der Waals surface area contributed by atoms with Gasteiger partial charge in [-0.05, 0) is 24.3 Å². The molecular formula is C11H13ClO2S. The van der Waals surface area contributed by atoms with Crippen molar-refractivity contribution < 1.29 is 9.47 Å². The van der Waals surface area contributed by atoms with Crippen LogP contribution in [-0.2, 0) is 9.47 Å². The van der Waals surface area contributed by atoms with Gasteiger partial charge in [0.05, 0.1) is 6.61 Å². The number of thiophene rings is 1. The summed E-state index contributed by atoms with van der Waals surface area (Å²) in [4.78, 5) is 0. The molecule has 0 fully saturated rings. The molecule has 4 heteroatoms. The molecule has 1 rings (SSSR count). The van der Waals surface area contributed by atoms with Gasteiger partial charge in [0, 0.05) is 23.4 Å². The lowest BCUT2D eigenvalue weighted by molar-refractivity contribution is -0.0963. The second kappa shape index (κ2) is 7.72. The van der Waals surface area contributed by atoms with E-state index in [1.807, 2.05) is 23.8 Å². The molecule has 0 aliphatic rings. The zero-order valence-corrected chi connectivity index (χ0v) is 10.1. The molecule has 0 saturated heterocycles. The van der Waals surface area contributed by atoms with Crippen LogP contribution < -0.4 is 0 Å². The molecule has 1 heterocycles. The Morgan fingerprint density at radius 1 is 1.53 bits per heavy atom. The van der Waals surface area contributed by atoms with Crippen LogP contribution in [-0.4, -0.2) is 25.4 Å². The van der Waals surface area contributed by atoms with Crippen molar-refractivity contribution in [3.63, 3.8) is 0 Å². The molecule has 82 valence electrons. The topological polar surface area (TPSA) is 18.5 Å². The molecule has 0 aromatic carbocycles. The van der Waals surface area contributed by atoms with Crippen molar-refractivity contribution in [3.8, 4) is 11.8 Å². The van der Waals surface area contributed by atoms with E-state index in [9.17, 15) is 0 Å². The number of halogens is 1. The molecule has 0 unspecified atom stereocenters. The van der Waals surface area contributed by atoms with Crippen LogP contribution in [0.5, 0.6) is 0 Å². The first kappa shape index (κ1) is 12.5. The lowest BCUT2D eigenvalue weighted by Crippen LogP contribution is -2.16. The minimum Gasteiger partial charge on any atom is -0.342 e. The molecule has 1 atom stereocenters. The van der Waals surface area contributed by atoms with Crippen LogP contribution >= 0.6 is 22.9 Å². The van der Waals surface area contributed by atoms with Gasteiger partial charge in [0.25, 0.3) is 0 Å². The molecule has 1 aromatic rings. The van der Waals surface area contributed by atoms with Gasteiger partial charge in [0.2, 0.25) is 6.29 Å². The van der Waals surface area contributed by atoms with Gasteiger partial charge in [-0.25, -0.2) is 0 Å². The van der Waals surface area contributed by atoms with E-state index >= 15 is 0 Å². The first-order chi connectivity index (χ1) is 7.36. The minimum absolute atomic E-state index is 0.448. The summed E-state index contributed by atoms with van der Waals surface area (Å²) in [5.74, 6) is 6.35. The number of alkyl halides is 1. The highest BCUT2D eigenvalue weighted by molar-refractivity contribution is 7.08. The predicted molar refractivity (Wildman–Crippen MR) is 63.3 cm³/mol. The Morgan fingerprint density at radius 3 is 3.00 bits per heavy atom. The first-order valence-electron chi connectivity index (χ1n) is 4.69. The molecule has 0 saturated carbocycles. The van der Waals surface area contributed by atoms with E-state index in [0.717, 1.165) is 5.56 Å². The second-order valence-corrected chi connectivity index (χ2v) is 3.79. The Hall–Kier alpha value is -0.530. The largest absolute Gasteiger partial charge is 0.342 e. The van der Waals surface area contributed by atoms with Crippen LogP contribution in [0.25, 0.3) is 0 Å². The highest BCUT2D eigenvalue weighted by Gasteiger charge is 2.02. The number of rotatable bonds is 5. The summed E-state index contributed by atoms with van der Waals surface area (Å²) in [5.41, 5.74) is 0.985. The van der Waals surface area contributed by atoms with Crippen LogP contribution in [0.15, 0.2) is 16.8 Å².